The molecule has 0 radical (unpaired) electrons. The van der Waals surface area contributed by atoms with Crippen LogP contribution in [0.5, 0.6) is 5.75 Å². The third-order valence-corrected chi connectivity index (χ3v) is 4.95. The quantitative estimate of drug-likeness (QED) is 0.499. The van der Waals surface area contributed by atoms with Crippen molar-refractivity contribution in [3.05, 3.63) is 65.2 Å². The van der Waals surface area contributed by atoms with Gasteiger partial charge in [0.2, 0.25) is 17.7 Å². The SMILES string of the molecule is COc1ccc(NC(C)=O)cc1NC(=O)Cc1csc(NC(=O)Cc2ccccc2)n1. The zero-order chi connectivity index (χ0) is 22.2. The van der Waals surface area contributed by atoms with Gasteiger partial charge >= 0.3 is 0 Å². The molecule has 160 valence electrons. The summed E-state index contributed by atoms with van der Waals surface area (Å²) in [6.45, 7) is 1.40. The monoisotopic (exact) mass is 438 g/mol. The fraction of sp³-hybridized carbons (Fsp3) is 0.182. The Morgan fingerprint density at radius 2 is 1.71 bits per heavy atom. The molecular weight excluding hydrogens is 416 g/mol. The lowest BCUT2D eigenvalue weighted by atomic mass is 10.1. The highest BCUT2D eigenvalue weighted by atomic mass is 32.1. The molecule has 0 saturated heterocycles. The number of hydrogen-bond acceptors (Lipinski definition) is 6. The van der Waals surface area contributed by atoms with Crippen molar-refractivity contribution in [1.82, 2.24) is 4.98 Å². The molecule has 31 heavy (non-hydrogen) atoms. The van der Waals surface area contributed by atoms with Crippen LogP contribution in [0.1, 0.15) is 18.2 Å². The third-order valence-electron chi connectivity index (χ3n) is 4.14. The van der Waals surface area contributed by atoms with Crippen molar-refractivity contribution in [2.45, 2.75) is 19.8 Å². The highest BCUT2D eigenvalue weighted by Crippen LogP contribution is 2.28. The highest BCUT2D eigenvalue weighted by molar-refractivity contribution is 7.13. The number of thiazole rings is 1. The lowest BCUT2D eigenvalue weighted by molar-refractivity contribution is -0.116. The number of aromatic nitrogens is 1. The van der Waals surface area contributed by atoms with Gasteiger partial charge < -0.3 is 20.7 Å². The van der Waals surface area contributed by atoms with Crippen molar-refractivity contribution in [1.29, 1.82) is 0 Å². The van der Waals surface area contributed by atoms with Crippen molar-refractivity contribution in [2.75, 3.05) is 23.1 Å². The second-order valence-electron chi connectivity index (χ2n) is 6.68. The number of benzene rings is 2. The molecule has 0 bridgehead atoms. The minimum Gasteiger partial charge on any atom is -0.495 e. The van der Waals surface area contributed by atoms with E-state index in [0.717, 1.165) is 5.56 Å². The zero-order valence-corrected chi connectivity index (χ0v) is 17.9. The number of anilines is 3. The first-order chi connectivity index (χ1) is 14.9. The predicted molar refractivity (Wildman–Crippen MR) is 121 cm³/mol. The molecule has 0 aliphatic rings. The van der Waals surface area contributed by atoms with Gasteiger partial charge in [0.15, 0.2) is 5.13 Å². The summed E-state index contributed by atoms with van der Waals surface area (Å²) >= 11 is 1.26. The van der Waals surface area contributed by atoms with E-state index in [1.54, 1.807) is 23.6 Å². The normalized spacial score (nSPS) is 10.3. The van der Waals surface area contributed by atoms with Crippen molar-refractivity contribution in [2.24, 2.45) is 0 Å². The number of ether oxygens (including phenoxy) is 1. The Bertz CT molecular complexity index is 1080. The number of carbonyl (C=O) groups is 3. The molecule has 0 aliphatic carbocycles. The smallest absolute Gasteiger partial charge is 0.230 e. The van der Waals surface area contributed by atoms with E-state index in [1.807, 2.05) is 30.3 Å². The topological polar surface area (TPSA) is 109 Å². The Balaban J connectivity index is 1.58. The van der Waals surface area contributed by atoms with Crippen LogP contribution in [0, 0.1) is 0 Å². The molecule has 0 atom stereocenters. The van der Waals surface area contributed by atoms with E-state index in [-0.39, 0.29) is 30.6 Å². The number of hydrogen-bond donors (Lipinski definition) is 3. The van der Waals surface area contributed by atoms with Crippen LogP contribution >= 0.6 is 11.3 Å². The first kappa shape index (κ1) is 22.0. The molecule has 8 nitrogen and oxygen atoms in total. The number of carbonyl (C=O) groups excluding carboxylic acids is 3. The summed E-state index contributed by atoms with van der Waals surface area (Å²) in [6.07, 6.45) is 0.277. The first-order valence-electron chi connectivity index (χ1n) is 9.46. The highest BCUT2D eigenvalue weighted by Gasteiger charge is 2.13. The van der Waals surface area contributed by atoms with E-state index in [0.29, 0.717) is 27.9 Å². The summed E-state index contributed by atoms with van der Waals surface area (Å²) in [5, 5.41) is 10.3. The van der Waals surface area contributed by atoms with E-state index >= 15 is 0 Å². The Hall–Kier alpha value is -3.72. The van der Waals surface area contributed by atoms with Crippen LogP contribution in [0.3, 0.4) is 0 Å². The number of nitrogens with one attached hydrogen (secondary N) is 3. The maximum atomic E-state index is 12.5. The van der Waals surface area contributed by atoms with Crippen LogP contribution < -0.4 is 20.7 Å². The molecule has 0 aliphatic heterocycles. The predicted octanol–water partition coefficient (Wildman–Crippen LogP) is 3.47. The summed E-state index contributed by atoms with van der Waals surface area (Å²) in [7, 11) is 1.49. The average Bonchev–Trinajstić information content (AvgIpc) is 3.14. The van der Waals surface area contributed by atoms with E-state index in [4.69, 9.17) is 4.74 Å². The first-order valence-corrected chi connectivity index (χ1v) is 10.3. The third kappa shape index (κ3) is 6.65. The number of rotatable bonds is 8. The van der Waals surface area contributed by atoms with E-state index in [1.165, 1.54) is 25.4 Å². The van der Waals surface area contributed by atoms with Crippen molar-refractivity contribution < 1.29 is 19.1 Å². The Morgan fingerprint density at radius 3 is 2.42 bits per heavy atom. The van der Waals surface area contributed by atoms with Gasteiger partial charge in [0.25, 0.3) is 0 Å². The Kier molecular flexibility index (Phi) is 7.34. The van der Waals surface area contributed by atoms with E-state index in [9.17, 15) is 14.4 Å². The molecule has 0 spiro atoms. The molecule has 9 heteroatoms. The zero-order valence-electron chi connectivity index (χ0n) is 17.1. The van der Waals surface area contributed by atoms with Crippen molar-refractivity contribution in [3.63, 3.8) is 0 Å². The van der Waals surface area contributed by atoms with Gasteiger partial charge in [-0.2, -0.15) is 0 Å². The van der Waals surface area contributed by atoms with Crippen LogP contribution in [0.2, 0.25) is 0 Å². The number of methoxy groups -OCH3 is 1. The Labute approximate surface area is 183 Å². The van der Waals surface area contributed by atoms with Crippen LogP contribution in [-0.2, 0) is 27.2 Å². The molecule has 3 rings (SSSR count). The summed E-state index contributed by atoms with van der Waals surface area (Å²) < 4.78 is 5.26. The largest absolute Gasteiger partial charge is 0.495 e. The summed E-state index contributed by atoms with van der Waals surface area (Å²) in [4.78, 5) is 40.2. The molecular formula is C22H22N4O4S. The summed E-state index contributed by atoms with van der Waals surface area (Å²) in [5.74, 6) is -0.219. The fourth-order valence-electron chi connectivity index (χ4n) is 2.84. The molecule has 3 amide bonds. The minimum absolute atomic E-state index is 0.0264. The minimum atomic E-state index is -0.300. The van der Waals surface area contributed by atoms with Crippen LogP contribution in [0.15, 0.2) is 53.9 Å². The van der Waals surface area contributed by atoms with E-state index in [2.05, 4.69) is 20.9 Å². The molecule has 0 saturated carbocycles. The Morgan fingerprint density at radius 1 is 0.968 bits per heavy atom. The van der Waals surface area contributed by atoms with E-state index < -0.39 is 0 Å². The molecule has 3 N–H and O–H groups in total. The van der Waals surface area contributed by atoms with Gasteiger partial charge in [0.05, 0.1) is 31.3 Å². The van der Waals surface area contributed by atoms with Crippen LogP contribution in [0.4, 0.5) is 16.5 Å². The van der Waals surface area contributed by atoms with Gasteiger partial charge in [-0.25, -0.2) is 4.98 Å². The maximum Gasteiger partial charge on any atom is 0.230 e. The standard InChI is InChI=1S/C22H22N4O4S/c1-14(27)23-16-8-9-19(30-2)18(11-16)25-21(29)12-17-13-31-22(24-17)26-20(28)10-15-6-4-3-5-7-15/h3-9,11,13H,10,12H2,1-2H3,(H,23,27)(H,25,29)(H,24,26,28). The second kappa shape index (κ2) is 10.4. The van der Waals surface area contributed by atoms with Crippen molar-refractivity contribution >= 4 is 45.6 Å². The fourth-order valence-corrected chi connectivity index (χ4v) is 3.56. The molecule has 3 aromatic rings. The average molecular weight is 439 g/mol. The number of nitrogens with zero attached hydrogens (tertiary/aromatic N) is 1. The van der Waals surface area contributed by atoms with Gasteiger partial charge in [-0.05, 0) is 23.8 Å². The molecule has 2 aromatic carbocycles. The summed E-state index contributed by atoms with van der Waals surface area (Å²) in [5.41, 5.74) is 2.42. The van der Waals surface area contributed by atoms with Crippen molar-refractivity contribution in [3.8, 4) is 5.75 Å². The van der Waals surface area contributed by atoms with Gasteiger partial charge in [-0.15, -0.1) is 11.3 Å². The maximum absolute atomic E-state index is 12.5. The molecule has 1 heterocycles. The lowest BCUT2D eigenvalue weighted by Crippen LogP contribution is -2.16. The van der Waals surface area contributed by atoms with Crippen LogP contribution in [-0.4, -0.2) is 29.8 Å². The molecule has 0 unspecified atom stereocenters. The lowest BCUT2D eigenvalue weighted by Gasteiger charge is -2.12. The number of amides is 3. The van der Waals surface area contributed by atoms with Gasteiger partial charge in [-0.3, -0.25) is 14.4 Å². The van der Waals surface area contributed by atoms with Gasteiger partial charge in [0.1, 0.15) is 5.75 Å². The molecule has 0 fully saturated rings. The molecule has 1 aromatic heterocycles. The van der Waals surface area contributed by atoms with Crippen LogP contribution in [0.25, 0.3) is 0 Å². The van der Waals surface area contributed by atoms with Gasteiger partial charge in [0, 0.05) is 18.0 Å². The second-order valence-corrected chi connectivity index (χ2v) is 7.53. The summed E-state index contributed by atoms with van der Waals surface area (Å²) in [6, 6.07) is 14.4. The van der Waals surface area contributed by atoms with Gasteiger partial charge in [-0.1, -0.05) is 30.3 Å².